The normalized spacial score (nSPS) is 12.8. The zero-order valence-corrected chi connectivity index (χ0v) is 16.3. The minimum absolute atomic E-state index is 0.00253. The number of hydrogen-bond acceptors (Lipinski definition) is 2. The maximum Gasteiger partial charge on any atom is 0.416 e. The van der Waals surface area contributed by atoms with Crippen molar-refractivity contribution in [3.05, 3.63) is 77.4 Å². The first-order valence-electron chi connectivity index (χ1n) is 8.49. The van der Waals surface area contributed by atoms with E-state index in [0.29, 0.717) is 24.3 Å². The lowest BCUT2D eigenvalue weighted by Crippen LogP contribution is -2.11. The Morgan fingerprint density at radius 3 is 1.41 bits per heavy atom. The van der Waals surface area contributed by atoms with Crippen molar-refractivity contribution in [1.82, 2.24) is 0 Å². The van der Waals surface area contributed by atoms with Crippen LogP contribution in [0.2, 0.25) is 0 Å². The lowest BCUT2D eigenvalue weighted by molar-refractivity contribution is -0.143. The summed E-state index contributed by atoms with van der Waals surface area (Å²) in [4.78, 5) is -0.344. The largest absolute Gasteiger partial charge is 0.416 e. The van der Waals surface area contributed by atoms with Crippen molar-refractivity contribution in [2.45, 2.75) is 17.2 Å². The Labute approximate surface area is 176 Å². The highest BCUT2D eigenvalue weighted by Crippen LogP contribution is 2.41. The average Bonchev–Trinajstić information content (AvgIpc) is 2.67. The molecule has 0 aliphatic carbocycles. The fraction of sp³-hybridized carbons (Fsp3) is 0.100. The van der Waals surface area contributed by atoms with E-state index in [1.54, 1.807) is 0 Å². The van der Waals surface area contributed by atoms with Crippen LogP contribution in [0.3, 0.4) is 0 Å². The van der Waals surface area contributed by atoms with Gasteiger partial charge in [-0.1, -0.05) is 12.1 Å². The fourth-order valence-corrected chi connectivity index (χ4v) is 3.47. The molecule has 0 atom stereocenters. The van der Waals surface area contributed by atoms with E-state index in [2.05, 4.69) is 0 Å². The average molecular weight is 481 g/mol. The number of alkyl halides is 6. The molecule has 3 nitrogen and oxygen atoms in total. The van der Waals surface area contributed by atoms with Crippen LogP contribution >= 0.6 is 0 Å². The Hall–Kier alpha value is -2.99. The Balaban J connectivity index is 2.30. The number of sulfonamides is 1. The smallest absolute Gasteiger partial charge is 0.225 e. The molecule has 3 aromatic carbocycles. The molecule has 12 heteroatoms. The SMILES string of the molecule is NS(=O)(=O)c1ccc(-c2cc(F)c(F)cc2-c2cc(C(F)(F)F)cc(C(F)(F)F)c2)cc1. The molecule has 0 bridgehead atoms. The molecule has 0 saturated heterocycles. The lowest BCUT2D eigenvalue weighted by Gasteiger charge is -2.17. The van der Waals surface area contributed by atoms with Crippen LogP contribution in [0.5, 0.6) is 0 Å². The van der Waals surface area contributed by atoms with Crippen molar-refractivity contribution in [2.24, 2.45) is 5.14 Å². The Kier molecular flexibility index (Phi) is 5.81. The molecule has 0 radical (unpaired) electrons. The molecular weight excluding hydrogens is 470 g/mol. The molecule has 0 unspecified atom stereocenters. The molecular formula is C20H11F8NO2S. The number of halogens is 8. The van der Waals surface area contributed by atoms with Gasteiger partial charge >= 0.3 is 12.4 Å². The van der Waals surface area contributed by atoms with Gasteiger partial charge in [0.1, 0.15) is 0 Å². The van der Waals surface area contributed by atoms with Crippen molar-refractivity contribution in [2.75, 3.05) is 0 Å². The first kappa shape index (κ1) is 23.7. The first-order valence-corrected chi connectivity index (χ1v) is 10.0. The van der Waals surface area contributed by atoms with E-state index in [0.717, 1.165) is 24.3 Å². The summed E-state index contributed by atoms with van der Waals surface area (Å²) in [5, 5.41) is 4.97. The molecule has 0 amide bonds. The number of rotatable bonds is 3. The predicted molar refractivity (Wildman–Crippen MR) is 98.6 cm³/mol. The number of benzene rings is 3. The van der Waals surface area contributed by atoms with Crippen LogP contribution in [0.4, 0.5) is 35.1 Å². The molecule has 2 N–H and O–H groups in total. The van der Waals surface area contributed by atoms with Gasteiger partial charge in [0.25, 0.3) is 0 Å². The van der Waals surface area contributed by atoms with E-state index in [4.69, 9.17) is 5.14 Å². The van der Waals surface area contributed by atoms with Gasteiger partial charge in [-0.15, -0.1) is 0 Å². The molecule has 0 heterocycles. The van der Waals surface area contributed by atoms with Gasteiger partial charge in [-0.3, -0.25) is 0 Å². The standard InChI is InChI=1S/C20H11F8NO2S/c21-17-8-15(10-1-3-14(4-2-10)32(29,30)31)16(9-18(17)22)11-5-12(19(23,24)25)7-13(6-11)20(26,27)28/h1-9H,(H2,29,30,31). The van der Waals surface area contributed by atoms with E-state index in [1.165, 1.54) is 0 Å². The number of primary sulfonamides is 1. The second kappa shape index (κ2) is 7.85. The fourth-order valence-electron chi connectivity index (χ4n) is 2.96. The van der Waals surface area contributed by atoms with Crippen LogP contribution in [0.25, 0.3) is 22.3 Å². The zero-order chi connectivity index (χ0) is 24.1. The van der Waals surface area contributed by atoms with E-state index < -0.39 is 56.3 Å². The van der Waals surface area contributed by atoms with Gasteiger partial charge < -0.3 is 0 Å². The first-order chi connectivity index (χ1) is 14.6. The van der Waals surface area contributed by atoms with Crippen molar-refractivity contribution in [3.63, 3.8) is 0 Å². The highest BCUT2D eigenvalue weighted by atomic mass is 32.2. The van der Waals surface area contributed by atoms with Gasteiger partial charge in [-0.25, -0.2) is 22.3 Å². The quantitative estimate of drug-likeness (QED) is 0.468. The van der Waals surface area contributed by atoms with Crippen LogP contribution in [0.15, 0.2) is 59.5 Å². The van der Waals surface area contributed by atoms with E-state index >= 15 is 0 Å². The van der Waals surface area contributed by atoms with E-state index in [1.807, 2.05) is 0 Å². The molecule has 32 heavy (non-hydrogen) atoms. The third-order valence-corrected chi connectivity index (χ3v) is 5.38. The van der Waals surface area contributed by atoms with Crippen LogP contribution < -0.4 is 5.14 Å². The second-order valence-electron chi connectivity index (χ2n) is 6.68. The van der Waals surface area contributed by atoms with Crippen LogP contribution in [-0.2, 0) is 22.4 Å². The topological polar surface area (TPSA) is 60.2 Å². The van der Waals surface area contributed by atoms with Gasteiger partial charge in [0.05, 0.1) is 16.0 Å². The summed E-state index contributed by atoms with van der Waals surface area (Å²) >= 11 is 0. The molecule has 0 aromatic heterocycles. The predicted octanol–water partition coefficient (Wildman–Crippen LogP) is 5.98. The summed E-state index contributed by atoms with van der Waals surface area (Å²) < 4.78 is 130. The molecule has 3 rings (SSSR count). The van der Waals surface area contributed by atoms with Crippen molar-refractivity contribution in [3.8, 4) is 22.3 Å². The van der Waals surface area contributed by atoms with Gasteiger partial charge in [0, 0.05) is 0 Å². The summed E-state index contributed by atoms with van der Waals surface area (Å²) in [5.41, 5.74) is -4.68. The Morgan fingerprint density at radius 2 is 1.03 bits per heavy atom. The molecule has 0 aliphatic heterocycles. The molecule has 0 spiro atoms. The van der Waals surface area contributed by atoms with Crippen molar-refractivity contribution < 1.29 is 43.5 Å². The highest BCUT2D eigenvalue weighted by molar-refractivity contribution is 7.89. The third kappa shape index (κ3) is 4.91. The molecule has 0 aliphatic rings. The summed E-state index contributed by atoms with van der Waals surface area (Å²) in [6, 6.07) is 5.94. The Bertz CT molecular complexity index is 1250. The monoisotopic (exact) mass is 481 g/mol. The molecule has 3 aromatic rings. The molecule has 0 fully saturated rings. The zero-order valence-electron chi connectivity index (χ0n) is 15.5. The summed E-state index contributed by atoms with van der Waals surface area (Å²) in [7, 11) is -4.11. The maximum absolute atomic E-state index is 13.9. The lowest BCUT2D eigenvalue weighted by atomic mass is 9.92. The summed E-state index contributed by atoms with van der Waals surface area (Å²) in [6.45, 7) is 0. The van der Waals surface area contributed by atoms with Crippen LogP contribution in [0.1, 0.15) is 11.1 Å². The van der Waals surface area contributed by atoms with Gasteiger partial charge in [-0.2, -0.15) is 26.3 Å². The van der Waals surface area contributed by atoms with Crippen LogP contribution in [0, 0.1) is 11.6 Å². The minimum atomic E-state index is -5.15. The maximum atomic E-state index is 13.9. The number of hydrogen-bond donors (Lipinski definition) is 1. The molecule has 170 valence electrons. The number of nitrogens with two attached hydrogens (primary N) is 1. The van der Waals surface area contributed by atoms with E-state index in [9.17, 15) is 43.5 Å². The van der Waals surface area contributed by atoms with Gasteiger partial charge in [0.2, 0.25) is 10.0 Å². The van der Waals surface area contributed by atoms with Gasteiger partial charge in [0.15, 0.2) is 11.6 Å². The highest BCUT2D eigenvalue weighted by Gasteiger charge is 2.37. The minimum Gasteiger partial charge on any atom is -0.225 e. The summed E-state index contributed by atoms with van der Waals surface area (Å²) in [6.07, 6.45) is -10.3. The molecule has 0 saturated carbocycles. The van der Waals surface area contributed by atoms with E-state index in [-0.39, 0.29) is 22.1 Å². The third-order valence-electron chi connectivity index (χ3n) is 4.45. The van der Waals surface area contributed by atoms with Crippen molar-refractivity contribution >= 4 is 10.0 Å². The van der Waals surface area contributed by atoms with Crippen LogP contribution in [-0.4, -0.2) is 8.42 Å². The Morgan fingerprint density at radius 1 is 0.625 bits per heavy atom. The second-order valence-corrected chi connectivity index (χ2v) is 8.24. The summed E-state index contributed by atoms with van der Waals surface area (Å²) in [5.74, 6) is -2.92. The van der Waals surface area contributed by atoms with Gasteiger partial charge in [-0.05, 0) is 64.7 Å². The van der Waals surface area contributed by atoms with Crippen molar-refractivity contribution in [1.29, 1.82) is 0 Å².